The Morgan fingerprint density at radius 3 is 2.29 bits per heavy atom. The molecule has 0 radical (unpaired) electrons. The van der Waals surface area contributed by atoms with Gasteiger partial charge in [-0.2, -0.15) is 0 Å². The van der Waals surface area contributed by atoms with Crippen molar-refractivity contribution in [1.82, 2.24) is 5.32 Å². The summed E-state index contributed by atoms with van der Waals surface area (Å²) < 4.78 is 5.46. The number of aryl methyl sites for hydroxylation is 1. The molecule has 2 rings (SSSR count). The molecule has 2 aromatic carbocycles. The molecule has 0 heterocycles. The average Bonchev–Trinajstić information content (AvgIpc) is 2.66. The predicted octanol–water partition coefficient (Wildman–Crippen LogP) is 3.74. The number of hydrogen-bond donors (Lipinski definition) is 3. The molecule has 0 aromatic heterocycles. The van der Waals surface area contributed by atoms with Crippen LogP contribution in [0.4, 0.5) is 11.4 Å². The minimum absolute atomic E-state index is 0.0721. The molecule has 0 saturated carbocycles. The Labute approximate surface area is 170 Å². The normalized spacial score (nSPS) is 10.3. The van der Waals surface area contributed by atoms with Crippen molar-refractivity contribution in [3.8, 4) is 5.75 Å². The second-order valence-electron chi connectivity index (χ2n) is 6.51. The summed E-state index contributed by atoms with van der Waals surface area (Å²) in [4.78, 5) is 23.8. The minimum Gasteiger partial charge on any atom is -0.484 e. The lowest BCUT2D eigenvalue weighted by Crippen LogP contribution is -2.37. The zero-order valence-electron chi connectivity index (χ0n) is 16.2. The van der Waals surface area contributed by atoms with E-state index in [1.54, 1.807) is 24.3 Å². The van der Waals surface area contributed by atoms with Gasteiger partial charge >= 0.3 is 0 Å². The van der Waals surface area contributed by atoms with Crippen LogP contribution in [0.3, 0.4) is 0 Å². The topological polar surface area (TPSA) is 79.5 Å². The third-order valence-corrected chi connectivity index (χ3v) is 4.07. The van der Waals surface area contributed by atoms with Gasteiger partial charge in [0.2, 0.25) is 5.91 Å². The van der Waals surface area contributed by atoms with Crippen molar-refractivity contribution in [2.24, 2.45) is 5.92 Å². The molecule has 3 N–H and O–H groups in total. The Morgan fingerprint density at radius 1 is 1.04 bits per heavy atom. The molecule has 2 aromatic rings. The standard InChI is InChI=1S/C21H25N3O3S/c1-4-15-8-10-18(11-9-15)27-13-19(25)24-21(28)23-17-7-5-6-16(12-17)22-20(26)14(2)3/h5-12,14H,4,13H2,1-3H3,(H,22,26)(H2,23,24,25,28). The van der Waals surface area contributed by atoms with E-state index in [4.69, 9.17) is 17.0 Å². The number of rotatable bonds is 7. The first-order valence-electron chi connectivity index (χ1n) is 9.11. The molecule has 2 amide bonds. The number of benzene rings is 2. The van der Waals surface area contributed by atoms with Crippen LogP contribution in [-0.4, -0.2) is 23.5 Å². The molecule has 148 valence electrons. The first-order valence-corrected chi connectivity index (χ1v) is 9.51. The van der Waals surface area contributed by atoms with Crippen LogP contribution < -0.4 is 20.7 Å². The monoisotopic (exact) mass is 399 g/mol. The smallest absolute Gasteiger partial charge is 0.264 e. The number of ether oxygens (including phenoxy) is 1. The van der Waals surface area contributed by atoms with Crippen LogP contribution in [0.2, 0.25) is 0 Å². The molecule has 0 aliphatic heterocycles. The third-order valence-electron chi connectivity index (χ3n) is 3.87. The van der Waals surface area contributed by atoms with E-state index in [2.05, 4.69) is 22.9 Å². The molecule has 0 spiro atoms. The van der Waals surface area contributed by atoms with E-state index >= 15 is 0 Å². The number of carbonyl (C=O) groups excluding carboxylic acids is 2. The summed E-state index contributed by atoms with van der Waals surface area (Å²) in [6.45, 7) is 5.58. The summed E-state index contributed by atoms with van der Waals surface area (Å²) in [5.41, 5.74) is 2.51. The first-order chi connectivity index (χ1) is 13.4. The van der Waals surface area contributed by atoms with Gasteiger partial charge in [-0.1, -0.05) is 39.0 Å². The highest BCUT2D eigenvalue weighted by molar-refractivity contribution is 7.80. The summed E-state index contributed by atoms with van der Waals surface area (Å²) in [7, 11) is 0. The maximum Gasteiger partial charge on any atom is 0.264 e. The highest BCUT2D eigenvalue weighted by Gasteiger charge is 2.09. The van der Waals surface area contributed by atoms with E-state index in [0.717, 1.165) is 6.42 Å². The van der Waals surface area contributed by atoms with Gasteiger partial charge in [0.25, 0.3) is 5.91 Å². The second-order valence-corrected chi connectivity index (χ2v) is 6.92. The van der Waals surface area contributed by atoms with Crippen molar-refractivity contribution in [3.05, 3.63) is 54.1 Å². The lowest BCUT2D eigenvalue weighted by atomic mass is 10.2. The van der Waals surface area contributed by atoms with Crippen molar-refractivity contribution >= 4 is 40.5 Å². The number of carbonyl (C=O) groups is 2. The van der Waals surface area contributed by atoms with Crippen LogP contribution in [-0.2, 0) is 16.0 Å². The molecule has 28 heavy (non-hydrogen) atoms. The first kappa shape index (κ1) is 21.4. The van der Waals surface area contributed by atoms with Gasteiger partial charge in [-0.25, -0.2) is 0 Å². The molecule has 0 aliphatic carbocycles. The second kappa shape index (κ2) is 10.4. The van der Waals surface area contributed by atoms with Gasteiger partial charge in [0.05, 0.1) is 0 Å². The van der Waals surface area contributed by atoms with Crippen molar-refractivity contribution in [2.75, 3.05) is 17.2 Å². The molecule has 0 fully saturated rings. The Kier molecular flexibility index (Phi) is 7.95. The molecular formula is C21H25N3O3S. The Hall–Kier alpha value is -2.93. The maximum atomic E-state index is 12.0. The van der Waals surface area contributed by atoms with Crippen LogP contribution in [0.25, 0.3) is 0 Å². The number of hydrogen-bond acceptors (Lipinski definition) is 4. The number of amides is 2. The van der Waals surface area contributed by atoms with E-state index in [9.17, 15) is 9.59 Å². The number of thiocarbonyl (C=S) groups is 1. The van der Waals surface area contributed by atoms with E-state index in [-0.39, 0.29) is 29.5 Å². The largest absolute Gasteiger partial charge is 0.484 e. The minimum atomic E-state index is -0.360. The fourth-order valence-corrected chi connectivity index (χ4v) is 2.49. The van der Waals surface area contributed by atoms with Crippen molar-refractivity contribution in [3.63, 3.8) is 0 Å². The van der Waals surface area contributed by atoms with Crippen LogP contribution >= 0.6 is 12.2 Å². The molecule has 0 bridgehead atoms. The fraction of sp³-hybridized carbons (Fsp3) is 0.286. The summed E-state index contributed by atoms with van der Waals surface area (Å²) in [5, 5.41) is 8.46. The molecule has 0 aliphatic rings. The van der Waals surface area contributed by atoms with Gasteiger partial charge in [0.15, 0.2) is 11.7 Å². The highest BCUT2D eigenvalue weighted by Crippen LogP contribution is 2.16. The van der Waals surface area contributed by atoms with Crippen molar-refractivity contribution < 1.29 is 14.3 Å². The van der Waals surface area contributed by atoms with Gasteiger partial charge < -0.3 is 15.4 Å². The number of anilines is 2. The lowest BCUT2D eigenvalue weighted by molar-refractivity contribution is -0.121. The Bertz CT molecular complexity index is 835. The van der Waals surface area contributed by atoms with E-state index < -0.39 is 0 Å². The van der Waals surface area contributed by atoms with Crippen LogP contribution in [0.1, 0.15) is 26.3 Å². The molecule has 0 atom stereocenters. The zero-order chi connectivity index (χ0) is 20.5. The van der Waals surface area contributed by atoms with Crippen molar-refractivity contribution in [1.29, 1.82) is 0 Å². The number of nitrogens with one attached hydrogen (secondary N) is 3. The SMILES string of the molecule is CCc1ccc(OCC(=O)NC(=S)Nc2cccc(NC(=O)C(C)C)c2)cc1. The van der Waals surface area contributed by atoms with E-state index in [0.29, 0.717) is 17.1 Å². The Balaban J connectivity index is 1.82. The van der Waals surface area contributed by atoms with E-state index in [1.165, 1.54) is 5.56 Å². The van der Waals surface area contributed by atoms with Gasteiger partial charge in [-0.3, -0.25) is 14.9 Å². The quantitative estimate of drug-likeness (QED) is 0.618. The summed E-state index contributed by atoms with van der Waals surface area (Å²) in [6, 6.07) is 14.7. The van der Waals surface area contributed by atoms with Gasteiger partial charge in [0, 0.05) is 17.3 Å². The van der Waals surface area contributed by atoms with Gasteiger partial charge in [-0.05, 0) is 54.5 Å². The van der Waals surface area contributed by atoms with E-state index in [1.807, 2.05) is 38.1 Å². The third kappa shape index (κ3) is 7.00. The fourth-order valence-electron chi connectivity index (χ4n) is 2.26. The van der Waals surface area contributed by atoms with Crippen LogP contribution in [0.5, 0.6) is 5.75 Å². The average molecular weight is 400 g/mol. The molecule has 7 heteroatoms. The summed E-state index contributed by atoms with van der Waals surface area (Å²) >= 11 is 5.16. The lowest BCUT2D eigenvalue weighted by Gasteiger charge is -2.12. The summed E-state index contributed by atoms with van der Waals surface area (Å²) in [6.07, 6.45) is 0.947. The zero-order valence-corrected chi connectivity index (χ0v) is 17.1. The van der Waals surface area contributed by atoms with Crippen LogP contribution in [0.15, 0.2) is 48.5 Å². The maximum absolute atomic E-state index is 12.0. The predicted molar refractivity (Wildman–Crippen MR) is 116 cm³/mol. The summed E-state index contributed by atoms with van der Waals surface area (Å²) in [5.74, 6) is 0.0773. The Morgan fingerprint density at radius 2 is 1.68 bits per heavy atom. The molecule has 0 saturated heterocycles. The highest BCUT2D eigenvalue weighted by atomic mass is 32.1. The van der Waals surface area contributed by atoms with Gasteiger partial charge in [0.1, 0.15) is 5.75 Å². The van der Waals surface area contributed by atoms with Crippen molar-refractivity contribution in [2.45, 2.75) is 27.2 Å². The van der Waals surface area contributed by atoms with Crippen LogP contribution in [0, 0.1) is 5.92 Å². The molecule has 0 unspecified atom stereocenters. The van der Waals surface area contributed by atoms with Gasteiger partial charge in [-0.15, -0.1) is 0 Å². The molecule has 6 nitrogen and oxygen atoms in total. The molecular weight excluding hydrogens is 374 g/mol.